The molecule has 0 amide bonds. The van der Waals surface area contributed by atoms with Crippen LogP contribution in [0.15, 0.2) is 36.8 Å². The van der Waals surface area contributed by atoms with Crippen molar-refractivity contribution >= 4 is 23.0 Å². The summed E-state index contributed by atoms with van der Waals surface area (Å²) in [6.45, 7) is 4.13. The lowest BCUT2D eigenvalue weighted by atomic mass is 10.1. The summed E-state index contributed by atoms with van der Waals surface area (Å²) in [4.78, 5) is 8.72. The topological polar surface area (TPSA) is 80.3 Å². The second kappa shape index (κ2) is 4.82. The van der Waals surface area contributed by atoms with Crippen LogP contribution in [0.2, 0.25) is 0 Å². The van der Waals surface area contributed by atoms with Crippen molar-refractivity contribution < 1.29 is 0 Å². The molecule has 3 aromatic rings. The maximum Gasteiger partial charge on any atom is 0.180 e. The van der Waals surface area contributed by atoms with Gasteiger partial charge in [0.15, 0.2) is 17.3 Å². The molecule has 4 N–H and O–H groups in total. The van der Waals surface area contributed by atoms with Crippen molar-refractivity contribution in [2.75, 3.05) is 10.7 Å². The minimum Gasteiger partial charge on any atom is -0.337 e. The molecule has 0 fully saturated rings. The zero-order valence-electron chi connectivity index (χ0n) is 11.4. The van der Waals surface area contributed by atoms with E-state index in [1.807, 2.05) is 10.6 Å². The van der Waals surface area contributed by atoms with E-state index < -0.39 is 0 Å². The van der Waals surface area contributed by atoms with Crippen LogP contribution in [0.1, 0.15) is 11.1 Å². The highest BCUT2D eigenvalue weighted by Crippen LogP contribution is 2.22. The number of nitrogens with two attached hydrogens (primary N) is 1. The third-order valence-electron chi connectivity index (χ3n) is 3.01. The van der Waals surface area contributed by atoms with Crippen LogP contribution in [0.5, 0.6) is 0 Å². The number of benzene rings is 1. The lowest BCUT2D eigenvalue weighted by molar-refractivity contribution is 1.11. The quantitative estimate of drug-likeness (QED) is 0.502. The molecular weight excluding hydrogens is 252 g/mol. The maximum absolute atomic E-state index is 5.45. The highest BCUT2D eigenvalue weighted by molar-refractivity contribution is 5.72. The molecule has 2 aromatic heterocycles. The summed E-state index contributed by atoms with van der Waals surface area (Å²) in [6, 6.07) is 6.26. The van der Waals surface area contributed by atoms with E-state index in [-0.39, 0.29) is 0 Å². The molecule has 0 saturated carbocycles. The molecule has 0 bridgehead atoms. The van der Waals surface area contributed by atoms with E-state index in [1.165, 1.54) is 11.1 Å². The first kappa shape index (κ1) is 12.4. The number of hydrogen-bond donors (Lipinski definition) is 3. The Morgan fingerprint density at radius 2 is 1.90 bits per heavy atom. The third-order valence-corrected chi connectivity index (χ3v) is 3.01. The summed E-state index contributed by atoms with van der Waals surface area (Å²) >= 11 is 0. The highest BCUT2D eigenvalue weighted by atomic mass is 15.3. The van der Waals surface area contributed by atoms with Gasteiger partial charge in [0, 0.05) is 18.1 Å². The highest BCUT2D eigenvalue weighted by Gasteiger charge is 2.07. The fourth-order valence-electron chi connectivity index (χ4n) is 2.27. The van der Waals surface area contributed by atoms with Crippen molar-refractivity contribution in [1.29, 1.82) is 0 Å². The molecule has 0 unspecified atom stereocenters. The summed E-state index contributed by atoms with van der Waals surface area (Å²) in [7, 11) is 0. The Kier molecular flexibility index (Phi) is 3.00. The Bertz CT molecular complexity index is 741. The molecule has 0 saturated heterocycles. The number of aryl methyl sites for hydroxylation is 2. The second-order valence-corrected chi connectivity index (χ2v) is 4.78. The molecule has 0 aliphatic heterocycles. The van der Waals surface area contributed by atoms with E-state index >= 15 is 0 Å². The van der Waals surface area contributed by atoms with Gasteiger partial charge in [-0.15, -0.1) is 0 Å². The van der Waals surface area contributed by atoms with Gasteiger partial charge < -0.3 is 15.1 Å². The standard InChI is InChI=1S/C14H16N6/c1-9-5-10(2)7-11(6-9)17-13-14-16-3-4-20(14)8-12(18-13)19-15/h3-8,19H,15H2,1-2H3,(H,17,18). The maximum atomic E-state index is 5.45. The summed E-state index contributed by atoms with van der Waals surface area (Å²) < 4.78 is 1.87. The van der Waals surface area contributed by atoms with Crippen molar-refractivity contribution in [2.24, 2.45) is 5.84 Å². The molecule has 0 atom stereocenters. The van der Waals surface area contributed by atoms with Crippen molar-refractivity contribution in [3.8, 4) is 0 Å². The van der Waals surface area contributed by atoms with Crippen LogP contribution in [-0.2, 0) is 0 Å². The SMILES string of the molecule is Cc1cc(C)cc(Nc2nc(NN)cn3ccnc23)c1. The van der Waals surface area contributed by atoms with Crippen molar-refractivity contribution in [2.45, 2.75) is 13.8 Å². The summed E-state index contributed by atoms with van der Waals surface area (Å²) in [5, 5.41) is 3.30. The summed E-state index contributed by atoms with van der Waals surface area (Å²) in [5.41, 5.74) is 6.68. The molecule has 0 aliphatic carbocycles. The van der Waals surface area contributed by atoms with Gasteiger partial charge in [-0.05, 0) is 37.1 Å². The third kappa shape index (κ3) is 2.28. The van der Waals surface area contributed by atoms with Crippen LogP contribution in [0.4, 0.5) is 17.3 Å². The Morgan fingerprint density at radius 1 is 1.15 bits per heavy atom. The molecule has 20 heavy (non-hydrogen) atoms. The molecule has 2 heterocycles. The Balaban J connectivity index is 2.07. The number of hydrogen-bond acceptors (Lipinski definition) is 5. The van der Waals surface area contributed by atoms with Crippen molar-refractivity contribution in [3.63, 3.8) is 0 Å². The number of nitrogen functional groups attached to an aromatic ring is 1. The number of hydrazine groups is 1. The van der Waals surface area contributed by atoms with Crippen LogP contribution in [0.25, 0.3) is 5.65 Å². The first-order valence-corrected chi connectivity index (χ1v) is 6.31. The lowest BCUT2D eigenvalue weighted by Gasteiger charge is -2.10. The Hall–Kier alpha value is -2.60. The first-order valence-electron chi connectivity index (χ1n) is 6.31. The van der Waals surface area contributed by atoms with Crippen LogP contribution < -0.4 is 16.6 Å². The van der Waals surface area contributed by atoms with Gasteiger partial charge in [-0.3, -0.25) is 0 Å². The van der Waals surface area contributed by atoms with Gasteiger partial charge in [0.1, 0.15) is 0 Å². The zero-order chi connectivity index (χ0) is 14.1. The molecule has 0 spiro atoms. The van der Waals surface area contributed by atoms with E-state index in [4.69, 9.17) is 5.84 Å². The van der Waals surface area contributed by atoms with Crippen LogP contribution in [0.3, 0.4) is 0 Å². The molecule has 0 aliphatic rings. The normalized spacial score (nSPS) is 10.8. The number of nitrogens with zero attached hydrogens (tertiary/aromatic N) is 3. The van der Waals surface area contributed by atoms with Crippen LogP contribution >= 0.6 is 0 Å². The largest absolute Gasteiger partial charge is 0.337 e. The molecule has 1 aromatic carbocycles. The van der Waals surface area contributed by atoms with Gasteiger partial charge in [-0.25, -0.2) is 15.8 Å². The van der Waals surface area contributed by atoms with E-state index in [2.05, 4.69) is 52.8 Å². The van der Waals surface area contributed by atoms with E-state index in [0.29, 0.717) is 11.6 Å². The Morgan fingerprint density at radius 3 is 2.60 bits per heavy atom. The monoisotopic (exact) mass is 268 g/mol. The molecule has 102 valence electrons. The number of anilines is 3. The zero-order valence-corrected chi connectivity index (χ0v) is 11.4. The Labute approximate surface area is 116 Å². The molecule has 6 heteroatoms. The number of imidazole rings is 1. The molecule has 3 rings (SSSR count). The number of nitrogens with one attached hydrogen (secondary N) is 2. The summed E-state index contributed by atoms with van der Waals surface area (Å²) in [6.07, 6.45) is 5.36. The van der Waals surface area contributed by atoms with E-state index in [1.54, 1.807) is 12.4 Å². The average molecular weight is 268 g/mol. The minimum atomic E-state index is 0.572. The molecular formula is C14H16N6. The van der Waals surface area contributed by atoms with Gasteiger partial charge in [-0.1, -0.05) is 6.07 Å². The van der Waals surface area contributed by atoms with E-state index in [0.717, 1.165) is 11.3 Å². The average Bonchev–Trinajstić information content (AvgIpc) is 2.85. The smallest absolute Gasteiger partial charge is 0.180 e. The minimum absolute atomic E-state index is 0.572. The predicted molar refractivity (Wildman–Crippen MR) is 80.0 cm³/mol. The van der Waals surface area contributed by atoms with Gasteiger partial charge >= 0.3 is 0 Å². The number of aromatic nitrogens is 3. The second-order valence-electron chi connectivity index (χ2n) is 4.78. The van der Waals surface area contributed by atoms with Gasteiger partial charge in [0.25, 0.3) is 0 Å². The van der Waals surface area contributed by atoms with Crippen LogP contribution in [0, 0.1) is 13.8 Å². The fraction of sp³-hybridized carbons (Fsp3) is 0.143. The molecule has 0 radical (unpaired) electrons. The van der Waals surface area contributed by atoms with Gasteiger partial charge in [0.2, 0.25) is 0 Å². The fourth-order valence-corrected chi connectivity index (χ4v) is 2.27. The summed E-state index contributed by atoms with van der Waals surface area (Å²) in [5.74, 6) is 6.68. The first-order chi connectivity index (χ1) is 9.65. The van der Waals surface area contributed by atoms with Gasteiger partial charge in [0.05, 0.1) is 6.20 Å². The van der Waals surface area contributed by atoms with Crippen LogP contribution in [-0.4, -0.2) is 14.4 Å². The number of rotatable bonds is 3. The van der Waals surface area contributed by atoms with E-state index in [9.17, 15) is 0 Å². The number of fused-ring (bicyclic) bond motifs is 1. The lowest BCUT2D eigenvalue weighted by Crippen LogP contribution is -2.11. The van der Waals surface area contributed by atoms with Gasteiger partial charge in [-0.2, -0.15) is 0 Å². The van der Waals surface area contributed by atoms with Crippen molar-refractivity contribution in [3.05, 3.63) is 47.9 Å². The van der Waals surface area contributed by atoms with Crippen molar-refractivity contribution in [1.82, 2.24) is 14.4 Å². The predicted octanol–water partition coefficient (Wildman–Crippen LogP) is 2.38. The molecule has 6 nitrogen and oxygen atoms in total.